The van der Waals surface area contributed by atoms with Gasteiger partial charge in [0.1, 0.15) is 5.75 Å². The molecule has 1 N–H and O–H groups in total. The first kappa shape index (κ1) is 21.3. The van der Waals surface area contributed by atoms with Gasteiger partial charge in [-0.2, -0.15) is 0 Å². The van der Waals surface area contributed by atoms with E-state index in [0.717, 1.165) is 18.4 Å². The lowest BCUT2D eigenvalue weighted by atomic mass is 10.1. The van der Waals surface area contributed by atoms with Gasteiger partial charge in [0, 0.05) is 19.6 Å². The quantitative estimate of drug-likeness (QED) is 0.632. The highest BCUT2D eigenvalue weighted by molar-refractivity contribution is 7.89. The summed E-state index contributed by atoms with van der Waals surface area (Å²) in [6.45, 7) is 2.14. The molecule has 156 valence electrons. The third-order valence-corrected chi connectivity index (χ3v) is 6.21. The smallest absolute Gasteiger partial charge is 0.257 e. The second kappa shape index (κ2) is 9.87. The van der Waals surface area contributed by atoms with Gasteiger partial charge in [-0.05, 0) is 36.6 Å². The van der Waals surface area contributed by atoms with Gasteiger partial charge in [0.25, 0.3) is 5.91 Å². The first-order chi connectivity index (χ1) is 14.0. The van der Waals surface area contributed by atoms with Crippen molar-refractivity contribution < 1.29 is 22.7 Å². The van der Waals surface area contributed by atoms with E-state index >= 15 is 0 Å². The predicted molar refractivity (Wildman–Crippen MR) is 109 cm³/mol. The Morgan fingerprint density at radius 1 is 1.10 bits per heavy atom. The van der Waals surface area contributed by atoms with Gasteiger partial charge in [-0.15, -0.1) is 0 Å². The molecule has 1 heterocycles. The third kappa shape index (κ3) is 5.56. The van der Waals surface area contributed by atoms with E-state index in [4.69, 9.17) is 9.47 Å². The highest BCUT2D eigenvalue weighted by Crippen LogP contribution is 2.25. The van der Waals surface area contributed by atoms with Crippen LogP contribution >= 0.6 is 0 Å². The molecule has 0 radical (unpaired) electrons. The number of likely N-dealkylation sites (tertiary alicyclic amines) is 1. The van der Waals surface area contributed by atoms with Crippen LogP contribution in [0.3, 0.4) is 0 Å². The van der Waals surface area contributed by atoms with Crippen molar-refractivity contribution in [1.29, 1.82) is 0 Å². The SMILES string of the molecule is COc1ccc(S(=O)(=O)NCCOCc2ccccc2)cc1C(=O)N1CCCC1. The van der Waals surface area contributed by atoms with Crippen LogP contribution in [0.5, 0.6) is 5.75 Å². The molecule has 29 heavy (non-hydrogen) atoms. The van der Waals surface area contributed by atoms with Gasteiger partial charge in [0.15, 0.2) is 0 Å². The van der Waals surface area contributed by atoms with Crippen LogP contribution in [0, 0.1) is 0 Å². The van der Waals surface area contributed by atoms with Gasteiger partial charge in [0.2, 0.25) is 10.0 Å². The van der Waals surface area contributed by atoms with Crippen molar-refractivity contribution >= 4 is 15.9 Å². The van der Waals surface area contributed by atoms with E-state index in [1.54, 1.807) is 4.90 Å². The third-order valence-electron chi connectivity index (χ3n) is 4.75. The van der Waals surface area contributed by atoms with Crippen LogP contribution in [0.4, 0.5) is 0 Å². The number of amides is 1. The maximum absolute atomic E-state index is 12.8. The zero-order valence-electron chi connectivity index (χ0n) is 16.5. The first-order valence-corrected chi connectivity index (χ1v) is 11.1. The zero-order chi connectivity index (χ0) is 20.7. The largest absolute Gasteiger partial charge is 0.496 e. The molecule has 0 bridgehead atoms. The van der Waals surface area contributed by atoms with Crippen molar-refractivity contribution in [2.24, 2.45) is 0 Å². The number of methoxy groups -OCH3 is 1. The number of hydrogen-bond acceptors (Lipinski definition) is 5. The Kier molecular flexibility index (Phi) is 7.24. The first-order valence-electron chi connectivity index (χ1n) is 9.60. The molecule has 8 heteroatoms. The second-order valence-corrected chi connectivity index (χ2v) is 8.56. The Bertz CT molecular complexity index is 925. The Morgan fingerprint density at radius 2 is 1.83 bits per heavy atom. The number of rotatable bonds is 9. The lowest BCUT2D eigenvalue weighted by Gasteiger charge is -2.18. The highest BCUT2D eigenvalue weighted by atomic mass is 32.2. The fraction of sp³-hybridized carbons (Fsp3) is 0.381. The molecule has 2 aromatic carbocycles. The molecule has 0 atom stereocenters. The van der Waals surface area contributed by atoms with E-state index in [1.807, 2.05) is 30.3 Å². The maximum atomic E-state index is 12.8. The monoisotopic (exact) mass is 418 g/mol. The molecular weight excluding hydrogens is 392 g/mol. The Hall–Kier alpha value is -2.42. The van der Waals surface area contributed by atoms with Crippen molar-refractivity contribution in [3.8, 4) is 5.75 Å². The molecule has 0 saturated carbocycles. The van der Waals surface area contributed by atoms with E-state index in [-0.39, 0.29) is 29.5 Å². The summed E-state index contributed by atoms with van der Waals surface area (Å²) in [4.78, 5) is 14.5. The minimum absolute atomic E-state index is 0.0314. The van der Waals surface area contributed by atoms with Crippen molar-refractivity contribution in [2.45, 2.75) is 24.3 Å². The van der Waals surface area contributed by atoms with Crippen LogP contribution in [0.2, 0.25) is 0 Å². The van der Waals surface area contributed by atoms with Crippen LogP contribution in [0.15, 0.2) is 53.4 Å². The van der Waals surface area contributed by atoms with Crippen LogP contribution in [-0.4, -0.2) is 52.6 Å². The average Bonchev–Trinajstić information content (AvgIpc) is 3.28. The number of carbonyl (C=O) groups excluding carboxylic acids is 1. The number of sulfonamides is 1. The molecule has 0 aliphatic carbocycles. The van der Waals surface area contributed by atoms with Gasteiger partial charge in [-0.25, -0.2) is 13.1 Å². The molecule has 1 aliphatic heterocycles. The maximum Gasteiger partial charge on any atom is 0.257 e. The van der Waals surface area contributed by atoms with Crippen molar-refractivity contribution in [2.75, 3.05) is 33.4 Å². The van der Waals surface area contributed by atoms with Crippen LogP contribution in [-0.2, 0) is 21.4 Å². The number of hydrogen-bond donors (Lipinski definition) is 1. The van der Waals surface area contributed by atoms with Crippen LogP contribution in [0.25, 0.3) is 0 Å². The fourth-order valence-corrected chi connectivity index (χ4v) is 4.25. The van der Waals surface area contributed by atoms with E-state index in [0.29, 0.717) is 25.4 Å². The van der Waals surface area contributed by atoms with Gasteiger partial charge < -0.3 is 14.4 Å². The van der Waals surface area contributed by atoms with Gasteiger partial charge >= 0.3 is 0 Å². The number of carbonyl (C=O) groups is 1. The van der Waals surface area contributed by atoms with Crippen LogP contribution < -0.4 is 9.46 Å². The standard InChI is InChI=1S/C21H26N2O5S/c1-27-20-10-9-18(15-19(20)21(24)23-12-5-6-13-23)29(25,26)22-11-14-28-16-17-7-3-2-4-8-17/h2-4,7-10,15,22H,5-6,11-14,16H2,1H3. The molecule has 3 rings (SSSR count). The molecule has 1 amide bonds. The van der Waals surface area contributed by atoms with Gasteiger partial charge in [-0.3, -0.25) is 4.79 Å². The number of nitrogens with zero attached hydrogens (tertiary/aromatic N) is 1. The van der Waals surface area contributed by atoms with Crippen molar-refractivity contribution in [1.82, 2.24) is 9.62 Å². The summed E-state index contributed by atoms with van der Waals surface area (Å²) in [5, 5.41) is 0. The van der Waals surface area contributed by atoms with Crippen LogP contribution in [0.1, 0.15) is 28.8 Å². The number of benzene rings is 2. The molecule has 0 spiro atoms. The van der Waals surface area contributed by atoms with E-state index < -0.39 is 10.0 Å². The minimum Gasteiger partial charge on any atom is -0.496 e. The number of nitrogens with one attached hydrogen (secondary N) is 1. The Balaban J connectivity index is 1.61. The second-order valence-electron chi connectivity index (χ2n) is 6.80. The summed E-state index contributed by atoms with van der Waals surface area (Å²) in [5.41, 5.74) is 1.29. The van der Waals surface area contributed by atoms with E-state index in [1.165, 1.54) is 25.3 Å². The summed E-state index contributed by atoms with van der Waals surface area (Å²) in [7, 11) is -2.30. The summed E-state index contributed by atoms with van der Waals surface area (Å²) in [6, 6.07) is 14.0. The summed E-state index contributed by atoms with van der Waals surface area (Å²) < 4.78 is 38.5. The topological polar surface area (TPSA) is 84.9 Å². The van der Waals surface area contributed by atoms with Crippen molar-refractivity contribution in [3.63, 3.8) is 0 Å². The van der Waals surface area contributed by atoms with Gasteiger partial charge in [0.05, 0.1) is 30.8 Å². The van der Waals surface area contributed by atoms with E-state index in [9.17, 15) is 13.2 Å². The molecule has 1 saturated heterocycles. The highest BCUT2D eigenvalue weighted by Gasteiger charge is 2.25. The fourth-order valence-electron chi connectivity index (χ4n) is 3.21. The average molecular weight is 419 g/mol. The molecule has 1 aliphatic rings. The Labute approximate surface area is 171 Å². The Morgan fingerprint density at radius 3 is 2.52 bits per heavy atom. The molecule has 2 aromatic rings. The lowest BCUT2D eigenvalue weighted by molar-refractivity contribution is 0.0789. The molecule has 0 aromatic heterocycles. The number of ether oxygens (including phenoxy) is 2. The molecule has 1 fully saturated rings. The zero-order valence-corrected chi connectivity index (χ0v) is 17.3. The lowest BCUT2D eigenvalue weighted by Crippen LogP contribution is -2.30. The van der Waals surface area contributed by atoms with Crippen molar-refractivity contribution in [3.05, 3.63) is 59.7 Å². The van der Waals surface area contributed by atoms with E-state index in [2.05, 4.69) is 4.72 Å². The summed E-state index contributed by atoms with van der Waals surface area (Å²) in [6.07, 6.45) is 1.91. The minimum atomic E-state index is -3.77. The summed E-state index contributed by atoms with van der Waals surface area (Å²) >= 11 is 0. The molecule has 0 unspecified atom stereocenters. The molecular formula is C21H26N2O5S. The summed E-state index contributed by atoms with van der Waals surface area (Å²) in [5.74, 6) is 0.162. The predicted octanol–water partition coefficient (Wildman–Crippen LogP) is 2.43. The van der Waals surface area contributed by atoms with Gasteiger partial charge in [-0.1, -0.05) is 30.3 Å². The normalized spacial score (nSPS) is 14.2. The molecule has 7 nitrogen and oxygen atoms in total.